The zero-order valence-electron chi connectivity index (χ0n) is 18.5. The molecule has 2 fully saturated rings. The number of imide groups is 1. The van der Waals surface area contributed by atoms with Gasteiger partial charge in [0.1, 0.15) is 5.78 Å². The topological polar surface area (TPSA) is 97.5 Å². The Morgan fingerprint density at radius 2 is 1.34 bits per heavy atom. The molecule has 2 aliphatic carbocycles. The fourth-order valence-electron chi connectivity index (χ4n) is 4.17. The zero-order valence-corrected chi connectivity index (χ0v) is 18.5. The Morgan fingerprint density at radius 3 is 1.76 bits per heavy atom. The normalized spacial score (nSPS) is 28.8. The highest BCUT2D eigenvalue weighted by atomic mass is 16.2. The summed E-state index contributed by atoms with van der Waals surface area (Å²) in [6, 6.07) is 0. The summed E-state index contributed by atoms with van der Waals surface area (Å²) in [7, 11) is 0. The van der Waals surface area contributed by atoms with Crippen molar-refractivity contribution in [2.24, 2.45) is 29.4 Å². The third kappa shape index (κ3) is 8.11. The van der Waals surface area contributed by atoms with Gasteiger partial charge in [-0.1, -0.05) is 33.6 Å². The summed E-state index contributed by atoms with van der Waals surface area (Å²) < 4.78 is 0. The Balaban J connectivity index is 0.000000299. The van der Waals surface area contributed by atoms with Crippen LogP contribution in [-0.4, -0.2) is 34.9 Å². The summed E-state index contributed by atoms with van der Waals surface area (Å²) in [5.74, 6) is 1.23. The summed E-state index contributed by atoms with van der Waals surface area (Å²) in [5.41, 5.74) is 5.25. The summed E-state index contributed by atoms with van der Waals surface area (Å²) >= 11 is 0. The second kappa shape index (κ2) is 12.6. The van der Waals surface area contributed by atoms with Gasteiger partial charge in [0, 0.05) is 30.5 Å². The third-order valence-corrected chi connectivity index (χ3v) is 6.18. The second-order valence-corrected chi connectivity index (χ2v) is 8.31. The number of carbonyl (C=O) groups is 4. The molecule has 0 bridgehead atoms. The minimum atomic E-state index is -0.238. The molecule has 6 nitrogen and oxygen atoms in total. The third-order valence-electron chi connectivity index (χ3n) is 6.18. The average molecular weight is 407 g/mol. The highest BCUT2D eigenvalue weighted by Crippen LogP contribution is 2.30. The molecule has 0 saturated heterocycles. The first-order chi connectivity index (χ1) is 13.8. The van der Waals surface area contributed by atoms with E-state index in [1.54, 1.807) is 6.92 Å². The fraction of sp³-hybridized carbons (Fsp3) is 0.739. The van der Waals surface area contributed by atoms with Crippen LogP contribution in [-0.2, 0) is 19.2 Å². The molecule has 2 N–H and O–H groups in total. The largest absolute Gasteiger partial charge is 0.369 e. The van der Waals surface area contributed by atoms with Crippen LogP contribution in [0.4, 0.5) is 0 Å². The van der Waals surface area contributed by atoms with Gasteiger partial charge in [-0.2, -0.15) is 0 Å². The maximum atomic E-state index is 11.4. The molecule has 0 aromatic heterocycles. The van der Waals surface area contributed by atoms with E-state index in [1.165, 1.54) is 29.9 Å². The molecule has 3 aliphatic rings. The van der Waals surface area contributed by atoms with Gasteiger partial charge < -0.3 is 5.73 Å². The SMILES string of the molecule is CC.CC(=O)C1CCC(C)CC1.NC(=O)C1CCC(CN2C(=O)C=CC2=O)CC1. The van der Waals surface area contributed by atoms with E-state index in [-0.39, 0.29) is 23.6 Å². The van der Waals surface area contributed by atoms with Gasteiger partial charge in [0.15, 0.2) is 0 Å². The first-order valence-corrected chi connectivity index (χ1v) is 11.1. The summed E-state index contributed by atoms with van der Waals surface area (Å²) in [4.78, 5) is 45.9. The molecular weight excluding hydrogens is 368 g/mol. The monoisotopic (exact) mass is 406 g/mol. The number of primary amides is 1. The number of amides is 3. The lowest BCUT2D eigenvalue weighted by molar-refractivity contribution is -0.138. The first-order valence-electron chi connectivity index (χ1n) is 11.1. The highest BCUT2D eigenvalue weighted by molar-refractivity contribution is 6.12. The van der Waals surface area contributed by atoms with E-state index in [2.05, 4.69) is 6.92 Å². The predicted molar refractivity (Wildman–Crippen MR) is 114 cm³/mol. The molecule has 1 aliphatic heterocycles. The number of nitrogens with two attached hydrogens (primary N) is 1. The molecule has 2 saturated carbocycles. The van der Waals surface area contributed by atoms with Crippen molar-refractivity contribution >= 4 is 23.5 Å². The van der Waals surface area contributed by atoms with Crippen LogP contribution in [0.25, 0.3) is 0 Å². The van der Waals surface area contributed by atoms with Gasteiger partial charge in [0.2, 0.25) is 5.91 Å². The number of hydrogen-bond acceptors (Lipinski definition) is 4. The standard InChI is InChI=1S/C12H16N2O3.C9H16O.C2H6/c13-12(17)9-3-1-8(2-4-9)7-14-10(15)5-6-11(14)16;1-7-3-5-9(6-4-7)8(2)10;1-2/h5-6,8-9H,1-4,7H2,(H2,13,17);7,9H,3-6H2,1-2H3;1-2H3. The summed E-state index contributed by atoms with van der Waals surface area (Å²) in [6.45, 7) is 8.47. The van der Waals surface area contributed by atoms with Crippen LogP contribution >= 0.6 is 0 Å². The van der Waals surface area contributed by atoms with E-state index in [4.69, 9.17) is 5.73 Å². The van der Waals surface area contributed by atoms with Crippen LogP contribution in [0, 0.1) is 23.7 Å². The minimum absolute atomic E-state index is 0.0330. The van der Waals surface area contributed by atoms with Crippen molar-refractivity contribution in [2.75, 3.05) is 6.54 Å². The van der Waals surface area contributed by atoms with E-state index in [9.17, 15) is 19.2 Å². The van der Waals surface area contributed by atoms with Gasteiger partial charge in [-0.25, -0.2) is 0 Å². The van der Waals surface area contributed by atoms with Crippen molar-refractivity contribution in [2.45, 2.75) is 79.1 Å². The Labute approximate surface area is 175 Å². The number of hydrogen-bond donors (Lipinski definition) is 1. The lowest BCUT2D eigenvalue weighted by Gasteiger charge is -2.29. The van der Waals surface area contributed by atoms with Crippen LogP contribution in [0.1, 0.15) is 79.1 Å². The van der Waals surface area contributed by atoms with E-state index >= 15 is 0 Å². The van der Waals surface area contributed by atoms with Crippen LogP contribution in [0.2, 0.25) is 0 Å². The van der Waals surface area contributed by atoms with Crippen LogP contribution in [0.15, 0.2) is 12.2 Å². The highest BCUT2D eigenvalue weighted by Gasteiger charge is 2.30. The average Bonchev–Trinajstić information content (AvgIpc) is 3.03. The van der Waals surface area contributed by atoms with Gasteiger partial charge in [-0.15, -0.1) is 0 Å². The van der Waals surface area contributed by atoms with E-state index in [0.717, 1.165) is 44.4 Å². The second-order valence-electron chi connectivity index (χ2n) is 8.31. The van der Waals surface area contributed by atoms with Crippen molar-refractivity contribution in [1.29, 1.82) is 0 Å². The number of Topliss-reactive ketones (excluding diaryl/α,β-unsaturated/α-hetero) is 1. The maximum absolute atomic E-state index is 11.4. The molecule has 164 valence electrons. The molecule has 0 aromatic carbocycles. The van der Waals surface area contributed by atoms with E-state index < -0.39 is 0 Å². The van der Waals surface area contributed by atoms with Crippen molar-refractivity contribution < 1.29 is 19.2 Å². The zero-order chi connectivity index (χ0) is 22.0. The van der Waals surface area contributed by atoms with Crippen molar-refractivity contribution in [1.82, 2.24) is 4.90 Å². The first kappa shape index (κ1) is 25.1. The van der Waals surface area contributed by atoms with Crippen LogP contribution in [0.3, 0.4) is 0 Å². The molecule has 3 rings (SSSR count). The van der Waals surface area contributed by atoms with E-state index in [0.29, 0.717) is 24.2 Å². The fourth-order valence-corrected chi connectivity index (χ4v) is 4.17. The molecular formula is C23H38N2O4. The Hall–Kier alpha value is -1.98. The minimum Gasteiger partial charge on any atom is -0.369 e. The lowest BCUT2D eigenvalue weighted by atomic mass is 9.81. The van der Waals surface area contributed by atoms with Crippen molar-refractivity contribution in [3.8, 4) is 0 Å². The summed E-state index contributed by atoms with van der Waals surface area (Å²) in [5, 5.41) is 0. The number of ketones is 1. The smallest absolute Gasteiger partial charge is 0.253 e. The van der Waals surface area contributed by atoms with Crippen LogP contribution < -0.4 is 5.73 Å². The predicted octanol–water partition coefficient (Wildman–Crippen LogP) is 3.63. The molecule has 0 atom stereocenters. The molecule has 6 heteroatoms. The van der Waals surface area contributed by atoms with Gasteiger partial charge in [-0.05, 0) is 57.3 Å². The van der Waals surface area contributed by atoms with E-state index in [1.807, 2.05) is 13.8 Å². The number of rotatable bonds is 4. The Bertz CT molecular complexity index is 580. The molecule has 0 unspecified atom stereocenters. The quantitative estimate of drug-likeness (QED) is 0.721. The maximum Gasteiger partial charge on any atom is 0.253 e. The number of carbonyl (C=O) groups excluding carboxylic acids is 4. The molecule has 0 radical (unpaired) electrons. The number of nitrogens with zero attached hydrogens (tertiary/aromatic N) is 1. The Morgan fingerprint density at radius 1 is 0.897 bits per heavy atom. The van der Waals surface area contributed by atoms with Gasteiger partial charge in [-0.3, -0.25) is 24.1 Å². The van der Waals surface area contributed by atoms with Crippen molar-refractivity contribution in [3.05, 3.63) is 12.2 Å². The van der Waals surface area contributed by atoms with Gasteiger partial charge >= 0.3 is 0 Å². The molecule has 3 amide bonds. The van der Waals surface area contributed by atoms with Crippen molar-refractivity contribution in [3.63, 3.8) is 0 Å². The van der Waals surface area contributed by atoms with Gasteiger partial charge in [0.05, 0.1) is 0 Å². The molecule has 0 aromatic rings. The van der Waals surface area contributed by atoms with Crippen LogP contribution in [0.5, 0.6) is 0 Å². The summed E-state index contributed by atoms with van der Waals surface area (Å²) in [6.07, 6.45) is 10.6. The molecule has 1 heterocycles. The molecule has 29 heavy (non-hydrogen) atoms. The Kier molecular flexibility index (Phi) is 10.8. The lowest BCUT2D eigenvalue weighted by Crippen LogP contribution is -2.37. The molecule has 0 spiro atoms. The van der Waals surface area contributed by atoms with Gasteiger partial charge in [0.25, 0.3) is 11.8 Å².